The Morgan fingerprint density at radius 2 is 1.58 bits per heavy atom. The molecule has 1 N–H and O–H groups in total. The normalized spacial score (nSPS) is 14.4. The van der Waals surface area contributed by atoms with Crippen LogP contribution >= 0.6 is 0 Å². The third-order valence-electron chi connectivity index (χ3n) is 8.36. The molecule has 3 aromatic rings. The van der Waals surface area contributed by atoms with E-state index < -0.39 is 16.1 Å². The smallest absolute Gasteiger partial charge is 0.243 e. The van der Waals surface area contributed by atoms with Crippen molar-refractivity contribution < 1.29 is 22.7 Å². The van der Waals surface area contributed by atoms with E-state index in [1.54, 1.807) is 12.0 Å². The highest BCUT2D eigenvalue weighted by atomic mass is 32.2. The highest BCUT2D eigenvalue weighted by molar-refractivity contribution is 7.92. The van der Waals surface area contributed by atoms with Gasteiger partial charge in [-0.2, -0.15) is 0 Å². The Labute approximate surface area is 268 Å². The molecule has 0 heterocycles. The molecule has 1 aliphatic rings. The third kappa shape index (κ3) is 10.1. The summed E-state index contributed by atoms with van der Waals surface area (Å²) in [4.78, 5) is 29.8. The van der Waals surface area contributed by atoms with Gasteiger partial charge >= 0.3 is 0 Å². The zero-order valence-electron chi connectivity index (χ0n) is 27.0. The molecular weight excluding hydrogens is 586 g/mol. The Morgan fingerprint density at radius 3 is 2.22 bits per heavy atom. The predicted octanol–water partition coefficient (Wildman–Crippen LogP) is 5.95. The van der Waals surface area contributed by atoms with Crippen LogP contribution in [0.2, 0.25) is 0 Å². The second-order valence-corrected chi connectivity index (χ2v) is 14.1. The minimum absolute atomic E-state index is 0.0861. The number of methoxy groups -OCH3 is 1. The molecule has 1 fully saturated rings. The van der Waals surface area contributed by atoms with Crippen molar-refractivity contribution in [3.05, 3.63) is 95.1 Å². The molecule has 1 unspecified atom stereocenters. The minimum Gasteiger partial charge on any atom is -0.497 e. The fourth-order valence-electron chi connectivity index (χ4n) is 6.16. The van der Waals surface area contributed by atoms with Crippen molar-refractivity contribution in [2.75, 3.05) is 24.2 Å². The number of hydrogen-bond donors (Lipinski definition) is 1. The molecule has 242 valence electrons. The first-order valence-electron chi connectivity index (χ1n) is 15.9. The fraction of sp³-hybridized carbons (Fsp3) is 0.444. The van der Waals surface area contributed by atoms with Crippen LogP contribution in [0.1, 0.15) is 67.2 Å². The van der Waals surface area contributed by atoms with Crippen molar-refractivity contribution in [3.63, 3.8) is 0 Å². The van der Waals surface area contributed by atoms with Crippen molar-refractivity contribution in [2.45, 2.75) is 83.8 Å². The van der Waals surface area contributed by atoms with Crippen LogP contribution in [0.25, 0.3) is 0 Å². The van der Waals surface area contributed by atoms with Crippen molar-refractivity contribution in [2.24, 2.45) is 0 Å². The summed E-state index contributed by atoms with van der Waals surface area (Å²) < 4.78 is 32.4. The lowest BCUT2D eigenvalue weighted by atomic mass is 9.94. The van der Waals surface area contributed by atoms with Crippen molar-refractivity contribution in [1.29, 1.82) is 0 Å². The van der Waals surface area contributed by atoms with Gasteiger partial charge in [0.1, 0.15) is 11.8 Å². The number of rotatable bonds is 14. The maximum atomic E-state index is 14.2. The molecule has 0 aromatic heterocycles. The van der Waals surface area contributed by atoms with Gasteiger partial charge in [0.25, 0.3) is 0 Å². The average Bonchev–Trinajstić information content (AvgIpc) is 3.01. The molecule has 0 spiro atoms. The summed E-state index contributed by atoms with van der Waals surface area (Å²) in [6.45, 7) is 4.24. The maximum Gasteiger partial charge on any atom is 0.243 e. The summed E-state index contributed by atoms with van der Waals surface area (Å²) in [5.41, 5.74) is 4.32. The quantitative estimate of drug-likeness (QED) is 0.237. The van der Waals surface area contributed by atoms with Crippen LogP contribution in [0.3, 0.4) is 0 Å². The number of hydrogen-bond acceptors (Lipinski definition) is 5. The molecule has 45 heavy (non-hydrogen) atoms. The SMILES string of the molecule is COc1cccc(CN(C(=O)CCCN(c2cc(C)cc(C)c2)S(C)(=O)=O)C(Cc2ccccc2)C(=O)NC2CCCCC2)c1. The Balaban J connectivity index is 1.61. The van der Waals surface area contributed by atoms with E-state index in [4.69, 9.17) is 4.74 Å². The summed E-state index contributed by atoms with van der Waals surface area (Å²) >= 11 is 0. The van der Waals surface area contributed by atoms with Gasteiger partial charge in [-0.25, -0.2) is 8.42 Å². The average molecular weight is 634 g/mol. The highest BCUT2D eigenvalue weighted by Crippen LogP contribution is 2.24. The van der Waals surface area contributed by atoms with Gasteiger partial charge in [0.05, 0.1) is 19.1 Å². The molecule has 8 nitrogen and oxygen atoms in total. The number of benzene rings is 3. The van der Waals surface area contributed by atoms with Gasteiger partial charge < -0.3 is 15.0 Å². The van der Waals surface area contributed by atoms with E-state index in [1.807, 2.05) is 86.6 Å². The van der Waals surface area contributed by atoms with E-state index in [2.05, 4.69) is 5.32 Å². The Morgan fingerprint density at radius 1 is 0.911 bits per heavy atom. The van der Waals surface area contributed by atoms with Gasteiger partial charge in [0, 0.05) is 32.0 Å². The lowest BCUT2D eigenvalue weighted by Gasteiger charge is -2.34. The summed E-state index contributed by atoms with van der Waals surface area (Å²) in [5, 5.41) is 3.26. The van der Waals surface area contributed by atoms with Gasteiger partial charge in [0.2, 0.25) is 21.8 Å². The Bertz CT molecular complexity index is 1520. The molecule has 2 amide bonds. The summed E-state index contributed by atoms with van der Waals surface area (Å²) in [6, 6.07) is 22.3. The molecule has 4 rings (SSSR count). The molecule has 1 atom stereocenters. The van der Waals surface area contributed by atoms with Gasteiger partial charge in [-0.1, -0.05) is 67.8 Å². The number of amides is 2. The zero-order valence-corrected chi connectivity index (χ0v) is 27.8. The number of aryl methyl sites for hydroxylation is 2. The molecule has 0 saturated heterocycles. The molecule has 9 heteroatoms. The number of anilines is 1. The van der Waals surface area contributed by atoms with E-state index >= 15 is 0 Å². The second-order valence-electron chi connectivity index (χ2n) is 12.2. The van der Waals surface area contributed by atoms with E-state index in [0.717, 1.165) is 47.9 Å². The first kappa shape index (κ1) is 34.0. The van der Waals surface area contributed by atoms with Crippen LogP contribution in [-0.4, -0.2) is 57.1 Å². The molecule has 3 aromatic carbocycles. The van der Waals surface area contributed by atoms with Crippen molar-refractivity contribution in [3.8, 4) is 5.75 Å². The van der Waals surface area contributed by atoms with Crippen LogP contribution in [0.5, 0.6) is 5.75 Å². The van der Waals surface area contributed by atoms with Gasteiger partial charge in [0.15, 0.2) is 0 Å². The topological polar surface area (TPSA) is 96.0 Å². The van der Waals surface area contributed by atoms with E-state index in [-0.39, 0.29) is 37.4 Å². The Kier molecular flexibility index (Phi) is 12.0. The lowest BCUT2D eigenvalue weighted by molar-refractivity contribution is -0.141. The standard InChI is InChI=1S/C36H47N3O5S/c1-27-21-28(2)23-32(22-27)39(45(4,42)43)20-12-19-35(40)38(26-30-15-11-18-33(24-30)44-3)34(25-29-13-7-5-8-14-29)36(41)37-31-16-9-6-10-17-31/h5,7-8,11,13-15,18,21-24,31,34H,6,9-10,12,16-17,19-20,25-26H2,1-4H3,(H,37,41). The highest BCUT2D eigenvalue weighted by Gasteiger charge is 2.32. The molecule has 0 radical (unpaired) electrons. The van der Waals surface area contributed by atoms with Gasteiger partial charge in [-0.15, -0.1) is 0 Å². The molecule has 0 bridgehead atoms. The van der Waals surface area contributed by atoms with Crippen LogP contribution in [0.15, 0.2) is 72.8 Å². The number of nitrogens with one attached hydrogen (secondary N) is 1. The third-order valence-corrected chi connectivity index (χ3v) is 9.55. The number of nitrogens with zero attached hydrogens (tertiary/aromatic N) is 2. The molecule has 1 saturated carbocycles. The monoisotopic (exact) mass is 633 g/mol. The van der Waals surface area contributed by atoms with Crippen LogP contribution < -0.4 is 14.4 Å². The summed E-state index contributed by atoms with van der Waals surface area (Å²) in [6.07, 6.45) is 7.16. The van der Waals surface area contributed by atoms with E-state index in [9.17, 15) is 18.0 Å². The van der Waals surface area contributed by atoms with Crippen LogP contribution in [0, 0.1) is 13.8 Å². The largest absolute Gasteiger partial charge is 0.497 e. The van der Waals surface area contributed by atoms with Gasteiger partial charge in [-0.3, -0.25) is 13.9 Å². The number of carbonyl (C=O) groups excluding carboxylic acids is 2. The Hall–Kier alpha value is -3.85. The molecular formula is C36H47N3O5S. The van der Waals surface area contributed by atoms with Crippen LogP contribution in [-0.2, 0) is 32.6 Å². The fourth-order valence-corrected chi connectivity index (χ4v) is 7.11. The minimum atomic E-state index is -3.58. The van der Waals surface area contributed by atoms with Crippen LogP contribution in [0.4, 0.5) is 5.69 Å². The number of carbonyl (C=O) groups is 2. The predicted molar refractivity (Wildman–Crippen MR) is 180 cm³/mol. The lowest BCUT2D eigenvalue weighted by Crippen LogP contribution is -2.52. The summed E-state index contributed by atoms with van der Waals surface area (Å²) in [5.74, 6) is 0.310. The molecule has 0 aliphatic heterocycles. The van der Waals surface area contributed by atoms with Crippen molar-refractivity contribution in [1.82, 2.24) is 10.2 Å². The number of sulfonamides is 1. The first-order valence-corrected chi connectivity index (χ1v) is 17.7. The maximum absolute atomic E-state index is 14.2. The van der Waals surface area contributed by atoms with Gasteiger partial charge in [-0.05, 0) is 79.6 Å². The van der Waals surface area contributed by atoms with E-state index in [0.29, 0.717) is 24.3 Å². The molecule has 1 aliphatic carbocycles. The van der Waals surface area contributed by atoms with Crippen molar-refractivity contribution >= 4 is 27.5 Å². The zero-order chi connectivity index (χ0) is 32.4. The number of ether oxygens (including phenoxy) is 1. The van der Waals surface area contributed by atoms with E-state index in [1.165, 1.54) is 17.0 Å². The second kappa shape index (κ2) is 15.9. The first-order chi connectivity index (χ1) is 21.5. The summed E-state index contributed by atoms with van der Waals surface area (Å²) in [7, 11) is -1.98.